The molecule has 2 saturated heterocycles. The molecule has 1 saturated carbocycles. The van der Waals surface area contributed by atoms with E-state index in [2.05, 4.69) is 0 Å². The number of carbonyl (C=O) groups excluding carboxylic acids is 2. The van der Waals surface area contributed by atoms with Gasteiger partial charge in [-0.15, -0.1) is 0 Å². The SMILES string of the molecule is CC(C)[C@H]1C[C@@H]2C(=O)N(c3ccccc3)C(=O)[C@@H]2[C@@H]2C[C@@H](c3cccc(O)c3)O[C@]12O. The summed E-state index contributed by atoms with van der Waals surface area (Å²) in [6.45, 7) is 4.03. The van der Waals surface area contributed by atoms with Gasteiger partial charge in [-0.05, 0) is 48.6 Å². The van der Waals surface area contributed by atoms with Crippen molar-refractivity contribution in [2.45, 2.75) is 38.6 Å². The second-order valence-corrected chi connectivity index (χ2v) is 9.36. The van der Waals surface area contributed by atoms with Crippen LogP contribution in [0.5, 0.6) is 5.75 Å². The van der Waals surface area contributed by atoms with Crippen LogP contribution >= 0.6 is 0 Å². The maximum atomic E-state index is 13.5. The Bertz CT molecular complexity index is 1020. The largest absolute Gasteiger partial charge is 0.508 e. The Kier molecular flexibility index (Phi) is 4.68. The van der Waals surface area contributed by atoms with Gasteiger partial charge < -0.3 is 14.9 Å². The molecule has 6 atom stereocenters. The summed E-state index contributed by atoms with van der Waals surface area (Å²) in [5.74, 6) is -3.57. The maximum Gasteiger partial charge on any atom is 0.238 e. The number of phenolic OH excluding ortho intramolecular Hbond substituents is 1. The van der Waals surface area contributed by atoms with Gasteiger partial charge in [0.15, 0.2) is 5.79 Å². The zero-order valence-corrected chi connectivity index (χ0v) is 17.6. The molecule has 0 spiro atoms. The first-order valence-electron chi connectivity index (χ1n) is 10.9. The topological polar surface area (TPSA) is 87.1 Å². The lowest BCUT2D eigenvalue weighted by molar-refractivity contribution is -0.276. The monoisotopic (exact) mass is 421 g/mol. The molecule has 31 heavy (non-hydrogen) atoms. The molecule has 2 aromatic carbocycles. The van der Waals surface area contributed by atoms with Crippen LogP contribution in [0.4, 0.5) is 5.69 Å². The van der Waals surface area contributed by atoms with Crippen LogP contribution in [-0.4, -0.2) is 27.8 Å². The molecule has 6 heteroatoms. The van der Waals surface area contributed by atoms with E-state index < -0.39 is 29.6 Å². The number of ether oxygens (including phenoxy) is 1. The molecule has 2 aromatic rings. The van der Waals surface area contributed by atoms with Crippen molar-refractivity contribution in [2.24, 2.45) is 29.6 Å². The molecular formula is C25H27NO5. The third kappa shape index (κ3) is 3.00. The first-order valence-corrected chi connectivity index (χ1v) is 10.9. The van der Waals surface area contributed by atoms with Gasteiger partial charge in [0.2, 0.25) is 11.8 Å². The fourth-order valence-corrected chi connectivity index (χ4v) is 5.93. The lowest BCUT2D eigenvalue weighted by Crippen LogP contribution is -2.55. The van der Waals surface area contributed by atoms with Crippen molar-refractivity contribution < 1.29 is 24.5 Å². The van der Waals surface area contributed by atoms with Gasteiger partial charge in [-0.1, -0.05) is 44.2 Å². The van der Waals surface area contributed by atoms with Gasteiger partial charge in [0.05, 0.1) is 23.6 Å². The number of hydrogen-bond acceptors (Lipinski definition) is 5. The fraction of sp³-hybridized carbons (Fsp3) is 0.440. The third-order valence-corrected chi connectivity index (χ3v) is 7.34. The number of amides is 2. The molecule has 0 unspecified atom stereocenters. The minimum absolute atomic E-state index is 0.0741. The van der Waals surface area contributed by atoms with Crippen molar-refractivity contribution in [1.29, 1.82) is 0 Å². The van der Waals surface area contributed by atoms with Crippen molar-refractivity contribution >= 4 is 17.5 Å². The van der Waals surface area contributed by atoms with Gasteiger partial charge in [-0.3, -0.25) is 14.5 Å². The normalized spacial score (nSPS) is 34.8. The first-order chi connectivity index (χ1) is 14.8. The van der Waals surface area contributed by atoms with E-state index in [9.17, 15) is 19.8 Å². The molecule has 5 rings (SSSR count). The van der Waals surface area contributed by atoms with Crippen LogP contribution in [0.1, 0.15) is 38.4 Å². The molecule has 3 aliphatic rings. The van der Waals surface area contributed by atoms with E-state index >= 15 is 0 Å². The molecule has 0 aromatic heterocycles. The van der Waals surface area contributed by atoms with Crippen molar-refractivity contribution in [3.63, 3.8) is 0 Å². The van der Waals surface area contributed by atoms with Crippen LogP contribution in [0.3, 0.4) is 0 Å². The summed E-state index contributed by atoms with van der Waals surface area (Å²) in [7, 11) is 0. The number of phenols is 1. The van der Waals surface area contributed by atoms with E-state index in [4.69, 9.17) is 4.74 Å². The summed E-state index contributed by atoms with van der Waals surface area (Å²) in [6.07, 6.45) is 0.387. The summed E-state index contributed by atoms with van der Waals surface area (Å²) in [5, 5.41) is 21.7. The van der Waals surface area contributed by atoms with E-state index in [1.165, 1.54) is 4.90 Å². The number of hydrogen-bond donors (Lipinski definition) is 2. The van der Waals surface area contributed by atoms with Gasteiger partial charge in [0.25, 0.3) is 0 Å². The van der Waals surface area contributed by atoms with E-state index in [1.54, 1.807) is 30.3 Å². The fourth-order valence-electron chi connectivity index (χ4n) is 5.93. The maximum absolute atomic E-state index is 13.5. The van der Waals surface area contributed by atoms with E-state index in [0.717, 1.165) is 5.56 Å². The molecule has 0 bridgehead atoms. The highest BCUT2D eigenvalue weighted by molar-refractivity contribution is 6.22. The predicted molar refractivity (Wildman–Crippen MR) is 114 cm³/mol. The molecule has 3 fully saturated rings. The van der Waals surface area contributed by atoms with Crippen LogP contribution in [0.25, 0.3) is 0 Å². The predicted octanol–water partition coefficient (Wildman–Crippen LogP) is 3.64. The Labute approximate surface area is 181 Å². The van der Waals surface area contributed by atoms with Crippen molar-refractivity contribution in [2.75, 3.05) is 4.90 Å². The van der Waals surface area contributed by atoms with Gasteiger partial charge in [0, 0.05) is 11.8 Å². The van der Waals surface area contributed by atoms with E-state index in [0.29, 0.717) is 18.5 Å². The number of benzene rings is 2. The minimum Gasteiger partial charge on any atom is -0.508 e. The molecule has 2 aliphatic heterocycles. The molecule has 0 radical (unpaired) electrons. The van der Waals surface area contributed by atoms with Gasteiger partial charge >= 0.3 is 0 Å². The summed E-state index contributed by atoms with van der Waals surface area (Å²) < 4.78 is 6.26. The van der Waals surface area contributed by atoms with Crippen LogP contribution in [0, 0.1) is 29.6 Å². The summed E-state index contributed by atoms with van der Waals surface area (Å²) >= 11 is 0. The molecule has 162 valence electrons. The molecule has 1 aliphatic carbocycles. The number of fused-ring (bicyclic) bond motifs is 3. The van der Waals surface area contributed by atoms with Crippen LogP contribution in [0.2, 0.25) is 0 Å². The van der Waals surface area contributed by atoms with Gasteiger partial charge in [0.1, 0.15) is 5.75 Å². The first kappa shape index (κ1) is 20.2. The average Bonchev–Trinajstić information content (AvgIpc) is 3.22. The number of para-hydroxylation sites is 1. The van der Waals surface area contributed by atoms with Crippen molar-refractivity contribution in [1.82, 2.24) is 0 Å². The third-order valence-electron chi connectivity index (χ3n) is 7.34. The number of aromatic hydroxyl groups is 1. The number of carbonyl (C=O) groups is 2. The quantitative estimate of drug-likeness (QED) is 0.739. The Morgan fingerprint density at radius 1 is 1.03 bits per heavy atom. The van der Waals surface area contributed by atoms with Crippen molar-refractivity contribution in [3.8, 4) is 5.75 Å². The lowest BCUT2D eigenvalue weighted by Gasteiger charge is -2.46. The lowest BCUT2D eigenvalue weighted by atomic mass is 9.62. The Morgan fingerprint density at radius 2 is 1.77 bits per heavy atom. The average molecular weight is 421 g/mol. The number of imide groups is 1. The van der Waals surface area contributed by atoms with E-state index in [-0.39, 0.29) is 29.4 Å². The molecule has 2 N–H and O–H groups in total. The second-order valence-electron chi connectivity index (χ2n) is 9.36. The Balaban J connectivity index is 1.55. The summed E-state index contributed by atoms with van der Waals surface area (Å²) in [5.41, 5.74) is 1.33. The highest BCUT2D eigenvalue weighted by Crippen LogP contribution is 2.59. The number of aliphatic hydroxyl groups is 1. The Morgan fingerprint density at radius 3 is 2.45 bits per heavy atom. The molecule has 2 heterocycles. The highest BCUT2D eigenvalue weighted by Gasteiger charge is 2.67. The molecule has 2 amide bonds. The zero-order chi connectivity index (χ0) is 21.9. The Hall–Kier alpha value is -2.70. The van der Waals surface area contributed by atoms with Crippen LogP contribution in [0.15, 0.2) is 54.6 Å². The van der Waals surface area contributed by atoms with Crippen LogP contribution < -0.4 is 4.90 Å². The molecular weight excluding hydrogens is 394 g/mol. The van der Waals surface area contributed by atoms with E-state index in [1.807, 2.05) is 38.1 Å². The van der Waals surface area contributed by atoms with Crippen molar-refractivity contribution in [3.05, 3.63) is 60.2 Å². The number of nitrogens with zero attached hydrogens (tertiary/aromatic N) is 1. The number of rotatable bonds is 3. The van der Waals surface area contributed by atoms with Gasteiger partial charge in [-0.2, -0.15) is 0 Å². The van der Waals surface area contributed by atoms with Crippen LogP contribution in [-0.2, 0) is 14.3 Å². The minimum atomic E-state index is -1.49. The smallest absolute Gasteiger partial charge is 0.238 e. The summed E-state index contributed by atoms with van der Waals surface area (Å²) in [4.78, 5) is 28.2. The summed E-state index contributed by atoms with van der Waals surface area (Å²) in [6, 6.07) is 15.8. The standard InChI is InChI=1S/C25H27NO5/c1-14(2)19-12-18-22(24(29)26(23(18)28)16-8-4-3-5-9-16)20-13-21(31-25(19,20)30)15-7-6-10-17(27)11-15/h3-11,14,18-22,27,30H,12-13H2,1-2H3/t18-,19+,20-,21-,22-,25+/m0/s1. The zero-order valence-electron chi connectivity index (χ0n) is 17.6. The highest BCUT2D eigenvalue weighted by atomic mass is 16.6. The second kappa shape index (κ2) is 7.18. The molecule has 6 nitrogen and oxygen atoms in total. The number of anilines is 1. The van der Waals surface area contributed by atoms with Gasteiger partial charge in [-0.25, -0.2) is 0 Å².